The molecule has 24 heavy (non-hydrogen) atoms. The van der Waals surface area contributed by atoms with Crippen molar-refractivity contribution in [1.29, 1.82) is 0 Å². The number of aromatic nitrogens is 1. The zero-order chi connectivity index (χ0) is 16.9. The molecular formula is C17H20N2O3S2. The Morgan fingerprint density at radius 2 is 2.42 bits per heavy atom. The Morgan fingerprint density at radius 3 is 3.21 bits per heavy atom. The van der Waals surface area contributed by atoms with E-state index in [0.29, 0.717) is 19.6 Å². The zero-order valence-electron chi connectivity index (χ0n) is 13.7. The van der Waals surface area contributed by atoms with Gasteiger partial charge in [-0.2, -0.15) is 11.8 Å². The Hall–Kier alpha value is -1.73. The number of thiazole rings is 1. The van der Waals surface area contributed by atoms with Gasteiger partial charge in [-0.25, -0.2) is 4.98 Å². The molecule has 1 aromatic heterocycles. The molecule has 0 bridgehead atoms. The minimum atomic E-state index is -0.186. The van der Waals surface area contributed by atoms with Gasteiger partial charge in [0.1, 0.15) is 23.1 Å². The number of rotatable bonds is 6. The minimum Gasteiger partial charge on any atom is -0.497 e. The number of methoxy groups -OCH3 is 1. The van der Waals surface area contributed by atoms with E-state index in [9.17, 15) is 4.79 Å². The van der Waals surface area contributed by atoms with Crippen LogP contribution in [0.5, 0.6) is 11.5 Å². The zero-order valence-corrected chi connectivity index (χ0v) is 15.3. The van der Waals surface area contributed by atoms with Crippen LogP contribution in [0.3, 0.4) is 0 Å². The largest absolute Gasteiger partial charge is 0.497 e. The molecule has 1 aromatic carbocycles. The highest BCUT2D eigenvalue weighted by Crippen LogP contribution is 2.30. The third kappa shape index (κ3) is 4.02. The lowest BCUT2D eigenvalue weighted by Gasteiger charge is -2.24. The molecule has 2 aromatic rings. The summed E-state index contributed by atoms with van der Waals surface area (Å²) in [5.74, 6) is 2.34. The van der Waals surface area contributed by atoms with Gasteiger partial charge in [0.25, 0.3) is 0 Å². The Labute approximate surface area is 149 Å². The van der Waals surface area contributed by atoms with Crippen LogP contribution in [0.1, 0.15) is 16.3 Å². The number of hydrogen-bond donors (Lipinski definition) is 1. The van der Waals surface area contributed by atoms with Gasteiger partial charge in [0, 0.05) is 11.1 Å². The summed E-state index contributed by atoms with van der Waals surface area (Å²) >= 11 is 3.38. The number of carbonyl (C=O) groups is 1. The van der Waals surface area contributed by atoms with Gasteiger partial charge in [-0.3, -0.25) is 4.79 Å². The van der Waals surface area contributed by atoms with Crippen LogP contribution < -0.4 is 14.8 Å². The summed E-state index contributed by atoms with van der Waals surface area (Å²) in [5, 5.41) is 6.07. The molecule has 128 valence electrons. The normalized spacial score (nSPS) is 16.2. The number of nitrogens with one attached hydrogen (secondary N) is 1. The molecule has 1 aliphatic rings. The maximum absolute atomic E-state index is 12.4. The van der Waals surface area contributed by atoms with Crippen LogP contribution in [-0.4, -0.2) is 30.9 Å². The van der Waals surface area contributed by atoms with Gasteiger partial charge in [0.2, 0.25) is 5.91 Å². The highest BCUT2D eigenvalue weighted by Gasteiger charge is 2.26. The van der Waals surface area contributed by atoms with Crippen LogP contribution >= 0.6 is 23.1 Å². The number of carbonyl (C=O) groups excluding carboxylic acids is 1. The Kier molecular flexibility index (Phi) is 5.63. The lowest BCUT2D eigenvalue weighted by Crippen LogP contribution is -2.37. The number of nitrogens with zero attached hydrogens (tertiary/aromatic N) is 1. The molecule has 0 unspecified atom stereocenters. The average molecular weight is 364 g/mol. The molecule has 0 radical (unpaired) electrons. The van der Waals surface area contributed by atoms with Crippen LogP contribution in [0.4, 0.5) is 0 Å². The van der Waals surface area contributed by atoms with Crippen molar-refractivity contribution in [3.8, 4) is 11.5 Å². The number of fused-ring (bicyclic) bond motifs is 1. The fraction of sp³-hybridized carbons (Fsp3) is 0.412. The number of hydrogen-bond acceptors (Lipinski definition) is 6. The van der Waals surface area contributed by atoms with Crippen molar-refractivity contribution < 1.29 is 14.3 Å². The second kappa shape index (κ2) is 7.90. The number of thioether (sulfide) groups is 1. The van der Waals surface area contributed by atoms with Crippen LogP contribution in [-0.2, 0) is 23.5 Å². The van der Waals surface area contributed by atoms with E-state index in [-0.39, 0.29) is 11.8 Å². The van der Waals surface area contributed by atoms with Gasteiger partial charge in [0.05, 0.1) is 25.3 Å². The van der Waals surface area contributed by atoms with Crippen LogP contribution in [0.2, 0.25) is 0 Å². The predicted octanol–water partition coefficient (Wildman–Crippen LogP) is 2.88. The first-order valence-corrected chi connectivity index (χ1v) is 9.96. The molecule has 1 atom stereocenters. The number of benzene rings is 1. The van der Waals surface area contributed by atoms with E-state index in [1.165, 1.54) is 0 Å². The van der Waals surface area contributed by atoms with Gasteiger partial charge >= 0.3 is 0 Å². The summed E-state index contributed by atoms with van der Waals surface area (Å²) in [6.45, 7) is 0.866. The fourth-order valence-electron chi connectivity index (χ4n) is 2.61. The summed E-state index contributed by atoms with van der Waals surface area (Å²) in [5.41, 5.74) is 1.92. The van der Waals surface area contributed by atoms with Gasteiger partial charge in [-0.05, 0) is 36.4 Å². The fourth-order valence-corrected chi connectivity index (χ4v) is 4.12. The molecule has 7 heteroatoms. The second-order valence-electron chi connectivity index (χ2n) is 5.57. The van der Waals surface area contributed by atoms with Crippen molar-refractivity contribution in [3.63, 3.8) is 0 Å². The quantitative estimate of drug-likeness (QED) is 0.854. The standard InChI is InChI=1S/C17H20N2O3S2/c1-21-14-3-4-15-11(6-14)5-12(8-22-15)17(20)18-7-13-9-24-16(19-13)10-23-2/h3-4,6,9,12H,5,7-8,10H2,1-2H3,(H,18,20)/t12-/m0/s1. The third-order valence-electron chi connectivity index (χ3n) is 3.86. The van der Waals surface area contributed by atoms with Crippen LogP contribution in [0.25, 0.3) is 0 Å². The van der Waals surface area contributed by atoms with Crippen molar-refractivity contribution in [2.24, 2.45) is 5.92 Å². The summed E-state index contributed by atoms with van der Waals surface area (Å²) in [7, 11) is 1.63. The maximum Gasteiger partial charge on any atom is 0.227 e. The van der Waals surface area contributed by atoms with E-state index in [2.05, 4.69) is 16.6 Å². The van der Waals surface area contributed by atoms with Gasteiger partial charge < -0.3 is 14.8 Å². The summed E-state index contributed by atoms with van der Waals surface area (Å²) in [4.78, 5) is 16.9. The summed E-state index contributed by atoms with van der Waals surface area (Å²) in [6.07, 6.45) is 2.71. The van der Waals surface area contributed by atoms with E-state index in [1.807, 2.05) is 23.6 Å². The lowest BCUT2D eigenvalue weighted by atomic mass is 9.96. The van der Waals surface area contributed by atoms with E-state index in [0.717, 1.165) is 33.5 Å². The molecule has 1 N–H and O–H groups in total. The molecule has 3 rings (SSSR count). The summed E-state index contributed by atoms with van der Waals surface area (Å²) in [6, 6.07) is 5.70. The van der Waals surface area contributed by atoms with Gasteiger partial charge in [0.15, 0.2) is 0 Å². The van der Waals surface area contributed by atoms with E-state index >= 15 is 0 Å². The first-order chi connectivity index (χ1) is 11.7. The van der Waals surface area contributed by atoms with Crippen molar-refractivity contribution in [1.82, 2.24) is 10.3 Å². The SMILES string of the molecule is COc1ccc2c(c1)C[C@H](C(=O)NCc1csc(CSC)n1)CO2. The minimum absolute atomic E-state index is 0.00267. The number of amides is 1. The van der Waals surface area contributed by atoms with Gasteiger partial charge in [-0.1, -0.05) is 0 Å². The molecule has 0 saturated heterocycles. The number of ether oxygens (including phenoxy) is 2. The molecule has 5 nitrogen and oxygen atoms in total. The molecule has 0 spiro atoms. The summed E-state index contributed by atoms with van der Waals surface area (Å²) < 4.78 is 11.0. The monoisotopic (exact) mass is 364 g/mol. The van der Waals surface area contributed by atoms with Crippen molar-refractivity contribution >= 4 is 29.0 Å². The molecule has 0 fully saturated rings. The van der Waals surface area contributed by atoms with E-state index in [1.54, 1.807) is 30.2 Å². The van der Waals surface area contributed by atoms with Crippen LogP contribution in [0.15, 0.2) is 23.6 Å². The molecule has 0 aliphatic carbocycles. The van der Waals surface area contributed by atoms with E-state index < -0.39 is 0 Å². The molecule has 1 amide bonds. The Morgan fingerprint density at radius 1 is 1.54 bits per heavy atom. The maximum atomic E-state index is 12.4. The van der Waals surface area contributed by atoms with Crippen molar-refractivity contribution in [3.05, 3.63) is 39.8 Å². The highest BCUT2D eigenvalue weighted by molar-refractivity contribution is 7.97. The molecular weight excluding hydrogens is 344 g/mol. The van der Waals surface area contributed by atoms with Crippen LogP contribution in [0, 0.1) is 5.92 Å². The first-order valence-electron chi connectivity index (χ1n) is 7.69. The highest BCUT2D eigenvalue weighted by atomic mass is 32.2. The molecule has 2 heterocycles. The predicted molar refractivity (Wildman–Crippen MR) is 96.9 cm³/mol. The molecule has 0 saturated carbocycles. The Balaban J connectivity index is 1.57. The Bertz CT molecular complexity index is 718. The smallest absolute Gasteiger partial charge is 0.227 e. The topological polar surface area (TPSA) is 60.5 Å². The third-order valence-corrected chi connectivity index (χ3v) is 5.50. The second-order valence-corrected chi connectivity index (χ2v) is 7.38. The average Bonchev–Trinajstić information content (AvgIpc) is 3.06. The lowest BCUT2D eigenvalue weighted by molar-refractivity contribution is -0.126. The first kappa shape index (κ1) is 17.1. The van der Waals surface area contributed by atoms with E-state index in [4.69, 9.17) is 9.47 Å². The van der Waals surface area contributed by atoms with Gasteiger partial charge in [-0.15, -0.1) is 11.3 Å². The molecule has 1 aliphatic heterocycles. The van der Waals surface area contributed by atoms with Crippen molar-refractivity contribution in [2.75, 3.05) is 20.0 Å². The van der Waals surface area contributed by atoms with Crippen molar-refractivity contribution in [2.45, 2.75) is 18.7 Å².